The first-order valence-corrected chi connectivity index (χ1v) is 9.20. The molecular formula is C21H23NO5. The van der Waals surface area contributed by atoms with E-state index in [1.807, 2.05) is 12.1 Å². The van der Waals surface area contributed by atoms with Crippen molar-refractivity contribution in [1.29, 1.82) is 0 Å². The summed E-state index contributed by atoms with van der Waals surface area (Å²) in [6.07, 6.45) is 5.60. The molecule has 0 N–H and O–H groups in total. The van der Waals surface area contributed by atoms with Crippen LogP contribution in [0.4, 0.5) is 0 Å². The van der Waals surface area contributed by atoms with E-state index >= 15 is 0 Å². The van der Waals surface area contributed by atoms with E-state index in [0.717, 1.165) is 24.9 Å². The molecule has 2 aliphatic heterocycles. The molecule has 1 saturated heterocycles. The largest absolute Gasteiger partial charge is 0.496 e. The van der Waals surface area contributed by atoms with Gasteiger partial charge in [-0.05, 0) is 49.7 Å². The predicted molar refractivity (Wildman–Crippen MR) is 98.0 cm³/mol. The number of hydrogen-bond acceptors (Lipinski definition) is 6. The van der Waals surface area contributed by atoms with Crippen LogP contribution in [0.1, 0.15) is 17.5 Å². The van der Waals surface area contributed by atoms with Gasteiger partial charge in [-0.3, -0.25) is 4.90 Å². The van der Waals surface area contributed by atoms with Crippen LogP contribution in [-0.4, -0.2) is 57.4 Å². The van der Waals surface area contributed by atoms with E-state index in [1.54, 1.807) is 14.2 Å². The van der Waals surface area contributed by atoms with Crippen molar-refractivity contribution in [3.05, 3.63) is 46.7 Å². The molecule has 142 valence electrons. The molecule has 3 unspecified atom stereocenters. The highest BCUT2D eigenvalue weighted by atomic mass is 16.6. The molecule has 2 aliphatic carbocycles. The van der Waals surface area contributed by atoms with Gasteiger partial charge in [0.05, 0.1) is 26.7 Å². The second-order valence-corrected chi connectivity index (χ2v) is 7.62. The summed E-state index contributed by atoms with van der Waals surface area (Å²) in [6, 6.07) is 4.24. The summed E-state index contributed by atoms with van der Waals surface area (Å²) in [5.74, 6) is 1.32. The topological polar surface area (TPSA) is 57.2 Å². The summed E-state index contributed by atoms with van der Waals surface area (Å²) in [4.78, 5) is 15.7. The van der Waals surface area contributed by atoms with Crippen LogP contribution in [0.15, 0.2) is 35.6 Å². The van der Waals surface area contributed by atoms with Gasteiger partial charge in [-0.15, -0.1) is 0 Å². The van der Waals surface area contributed by atoms with E-state index < -0.39 is 17.0 Å². The highest BCUT2D eigenvalue weighted by Gasteiger charge is 2.74. The molecular weight excluding hydrogens is 346 g/mol. The summed E-state index contributed by atoms with van der Waals surface area (Å²) < 4.78 is 23.1. The van der Waals surface area contributed by atoms with Crippen LogP contribution in [0.5, 0.6) is 11.5 Å². The monoisotopic (exact) mass is 369 g/mol. The number of ether oxygens (including phenoxy) is 4. The third-order valence-electron chi connectivity index (χ3n) is 6.80. The number of likely N-dealkylation sites (tertiary alicyclic amines) is 1. The Labute approximate surface area is 158 Å². The second-order valence-electron chi connectivity index (χ2n) is 7.62. The fourth-order valence-corrected chi connectivity index (χ4v) is 5.68. The molecule has 0 amide bonds. The SMILES string of the molecule is COC(=O)C12Oc3c(OC)ccc4c3C13CCN(C)C(C4)C3=CC=C2OC. The van der Waals surface area contributed by atoms with Gasteiger partial charge in [0.15, 0.2) is 17.3 Å². The Morgan fingerprint density at radius 2 is 2.04 bits per heavy atom. The summed E-state index contributed by atoms with van der Waals surface area (Å²) in [5, 5.41) is 0. The molecule has 5 rings (SSSR count). The Balaban J connectivity index is 1.92. The van der Waals surface area contributed by atoms with Gasteiger partial charge in [0.25, 0.3) is 5.60 Å². The fourth-order valence-electron chi connectivity index (χ4n) is 5.68. The van der Waals surface area contributed by atoms with E-state index in [9.17, 15) is 4.79 Å². The Morgan fingerprint density at radius 3 is 2.74 bits per heavy atom. The average Bonchev–Trinajstić information content (AvgIpc) is 3.01. The molecule has 3 atom stereocenters. The van der Waals surface area contributed by atoms with Crippen LogP contribution in [0, 0.1) is 0 Å². The van der Waals surface area contributed by atoms with Gasteiger partial charge in [-0.2, -0.15) is 0 Å². The molecule has 27 heavy (non-hydrogen) atoms. The number of allylic oxidation sites excluding steroid dienone is 2. The van der Waals surface area contributed by atoms with E-state index in [1.165, 1.54) is 18.2 Å². The molecule has 4 aliphatic rings. The van der Waals surface area contributed by atoms with Crippen LogP contribution >= 0.6 is 0 Å². The maximum atomic E-state index is 13.3. The molecule has 6 nitrogen and oxygen atoms in total. The highest BCUT2D eigenvalue weighted by Crippen LogP contribution is 2.67. The minimum absolute atomic E-state index is 0.216. The van der Waals surface area contributed by atoms with Crippen molar-refractivity contribution in [3.8, 4) is 11.5 Å². The number of carbonyl (C=O) groups is 1. The first-order valence-electron chi connectivity index (χ1n) is 9.20. The standard InChI is InChI=1S/C21H23NO5/c1-22-10-9-20-13-6-8-16(25-3)21(20,19(23)26-4)27-18-15(24-2)7-5-12(17(18)20)11-14(13)22/h5-8,14H,9-11H2,1-4H3. The normalized spacial score (nSPS) is 32.7. The van der Waals surface area contributed by atoms with Crippen LogP contribution in [0.25, 0.3) is 0 Å². The smallest absolute Gasteiger partial charge is 0.359 e. The highest BCUT2D eigenvalue weighted by molar-refractivity contribution is 5.92. The van der Waals surface area contributed by atoms with Crippen molar-refractivity contribution in [2.24, 2.45) is 0 Å². The fraction of sp³-hybridized carbons (Fsp3) is 0.476. The van der Waals surface area contributed by atoms with Crippen molar-refractivity contribution >= 4 is 5.97 Å². The maximum Gasteiger partial charge on any atom is 0.359 e. The van der Waals surface area contributed by atoms with Crippen molar-refractivity contribution < 1.29 is 23.7 Å². The first-order chi connectivity index (χ1) is 13.0. The minimum Gasteiger partial charge on any atom is -0.496 e. The van der Waals surface area contributed by atoms with E-state index in [4.69, 9.17) is 18.9 Å². The lowest BCUT2D eigenvalue weighted by Gasteiger charge is -2.55. The number of piperidine rings is 1. The zero-order valence-corrected chi connectivity index (χ0v) is 16.0. The summed E-state index contributed by atoms with van der Waals surface area (Å²) in [6.45, 7) is 0.858. The molecule has 1 spiro atoms. The number of methoxy groups -OCH3 is 3. The lowest BCUT2D eigenvalue weighted by atomic mass is 9.52. The van der Waals surface area contributed by atoms with E-state index in [0.29, 0.717) is 17.3 Å². The number of rotatable bonds is 3. The molecule has 6 heteroatoms. The van der Waals surface area contributed by atoms with Crippen molar-refractivity contribution in [2.45, 2.75) is 29.9 Å². The number of nitrogens with zero attached hydrogens (tertiary/aromatic N) is 1. The molecule has 0 radical (unpaired) electrons. The zero-order chi connectivity index (χ0) is 19.0. The van der Waals surface area contributed by atoms with E-state index in [-0.39, 0.29) is 6.04 Å². The Kier molecular flexibility index (Phi) is 3.27. The van der Waals surface area contributed by atoms with Crippen LogP contribution in [-0.2, 0) is 26.1 Å². The number of carbonyl (C=O) groups excluding carboxylic acids is 1. The molecule has 0 saturated carbocycles. The van der Waals surface area contributed by atoms with Gasteiger partial charge in [0.1, 0.15) is 0 Å². The molecule has 1 aromatic rings. The number of benzene rings is 1. The van der Waals surface area contributed by atoms with Gasteiger partial charge in [-0.1, -0.05) is 12.1 Å². The summed E-state index contributed by atoms with van der Waals surface area (Å²) in [7, 11) is 6.74. The quantitative estimate of drug-likeness (QED) is 0.760. The molecule has 2 bridgehead atoms. The predicted octanol–water partition coefficient (Wildman–Crippen LogP) is 1.97. The van der Waals surface area contributed by atoms with Crippen LogP contribution in [0.2, 0.25) is 0 Å². The third kappa shape index (κ3) is 1.64. The Morgan fingerprint density at radius 1 is 1.22 bits per heavy atom. The third-order valence-corrected chi connectivity index (χ3v) is 6.80. The van der Waals surface area contributed by atoms with Gasteiger partial charge in [-0.25, -0.2) is 4.79 Å². The summed E-state index contributed by atoms with van der Waals surface area (Å²) >= 11 is 0. The average molecular weight is 369 g/mol. The van der Waals surface area contributed by atoms with Crippen molar-refractivity contribution in [3.63, 3.8) is 0 Å². The van der Waals surface area contributed by atoms with Gasteiger partial charge >= 0.3 is 5.97 Å². The molecule has 2 heterocycles. The zero-order valence-electron chi connectivity index (χ0n) is 16.0. The van der Waals surface area contributed by atoms with Crippen molar-refractivity contribution in [1.82, 2.24) is 4.90 Å². The van der Waals surface area contributed by atoms with Gasteiger partial charge in [0.2, 0.25) is 0 Å². The lowest BCUT2D eigenvalue weighted by molar-refractivity contribution is -0.164. The minimum atomic E-state index is -1.35. The van der Waals surface area contributed by atoms with Crippen LogP contribution < -0.4 is 9.47 Å². The van der Waals surface area contributed by atoms with Crippen molar-refractivity contribution in [2.75, 3.05) is 34.9 Å². The first kappa shape index (κ1) is 16.7. The Bertz CT molecular complexity index is 919. The van der Waals surface area contributed by atoms with Crippen LogP contribution in [0.3, 0.4) is 0 Å². The molecule has 1 fully saturated rings. The number of esters is 1. The molecule has 1 aromatic carbocycles. The molecule has 0 aromatic heterocycles. The van der Waals surface area contributed by atoms with Gasteiger partial charge in [0, 0.05) is 11.6 Å². The van der Waals surface area contributed by atoms with Gasteiger partial charge < -0.3 is 18.9 Å². The number of hydrogen-bond donors (Lipinski definition) is 0. The maximum absolute atomic E-state index is 13.3. The number of likely N-dealkylation sites (N-methyl/N-ethyl adjacent to an activating group) is 1. The summed E-state index contributed by atoms with van der Waals surface area (Å²) in [5.41, 5.74) is 1.47. The Hall–Kier alpha value is -2.47. The lowest BCUT2D eigenvalue weighted by Crippen LogP contribution is -2.67. The second kappa shape index (κ2) is 5.29. The van der Waals surface area contributed by atoms with E-state index in [2.05, 4.69) is 24.1 Å².